The van der Waals surface area contributed by atoms with E-state index in [1.165, 1.54) is 58.4 Å². The van der Waals surface area contributed by atoms with Gasteiger partial charge in [-0.2, -0.15) is 0 Å². The minimum absolute atomic E-state index is 0.592. The number of hydrogen-bond donors (Lipinski definition) is 1. The van der Waals surface area contributed by atoms with Crippen molar-refractivity contribution in [2.24, 2.45) is 17.3 Å². The fourth-order valence-corrected chi connectivity index (χ4v) is 3.72. The minimum Gasteiger partial charge on any atom is -0.316 e. The molecule has 2 rings (SSSR count). The largest absolute Gasteiger partial charge is 0.316 e. The van der Waals surface area contributed by atoms with Gasteiger partial charge in [-0.3, -0.25) is 0 Å². The predicted octanol–water partition coefficient (Wildman–Crippen LogP) is 2.74. The molecule has 2 aliphatic heterocycles. The lowest BCUT2D eigenvalue weighted by atomic mass is 9.80. The van der Waals surface area contributed by atoms with Gasteiger partial charge < -0.3 is 10.2 Å². The van der Waals surface area contributed by atoms with Crippen LogP contribution in [0.2, 0.25) is 0 Å². The number of piperidine rings is 1. The number of rotatable bonds is 4. The molecule has 0 bridgehead atoms. The van der Waals surface area contributed by atoms with E-state index in [-0.39, 0.29) is 0 Å². The summed E-state index contributed by atoms with van der Waals surface area (Å²) >= 11 is 0. The highest BCUT2D eigenvalue weighted by Crippen LogP contribution is 2.34. The van der Waals surface area contributed by atoms with Gasteiger partial charge in [-0.1, -0.05) is 27.2 Å². The van der Waals surface area contributed by atoms with Gasteiger partial charge in [-0.25, -0.2) is 0 Å². The Morgan fingerprint density at radius 1 is 1.29 bits per heavy atom. The van der Waals surface area contributed by atoms with Crippen molar-refractivity contribution >= 4 is 0 Å². The summed E-state index contributed by atoms with van der Waals surface area (Å²) in [6.07, 6.45) is 5.53. The number of nitrogens with one attached hydrogen (secondary N) is 1. The van der Waals surface area contributed by atoms with Gasteiger partial charge in [0.15, 0.2) is 0 Å². The highest BCUT2D eigenvalue weighted by atomic mass is 15.1. The Hall–Kier alpha value is -0.0800. The van der Waals surface area contributed by atoms with Gasteiger partial charge >= 0.3 is 0 Å². The summed E-state index contributed by atoms with van der Waals surface area (Å²) in [6.45, 7) is 13.7. The summed E-state index contributed by atoms with van der Waals surface area (Å²) in [5, 5.41) is 3.58. The van der Waals surface area contributed by atoms with E-state index in [2.05, 4.69) is 31.0 Å². The van der Waals surface area contributed by atoms with Gasteiger partial charge in [0.2, 0.25) is 0 Å². The smallest absolute Gasteiger partial charge is 0.00507 e. The van der Waals surface area contributed by atoms with Crippen molar-refractivity contribution in [3.05, 3.63) is 0 Å². The van der Waals surface area contributed by atoms with Crippen molar-refractivity contribution in [2.45, 2.75) is 46.5 Å². The maximum Gasteiger partial charge on any atom is 0.00507 e. The molecule has 3 atom stereocenters. The first-order valence-electron chi connectivity index (χ1n) is 7.58. The number of likely N-dealkylation sites (tertiary alicyclic amines) is 1. The average molecular weight is 238 g/mol. The second kappa shape index (κ2) is 5.71. The van der Waals surface area contributed by atoms with Crippen LogP contribution in [0.4, 0.5) is 0 Å². The number of nitrogens with zero attached hydrogens (tertiary/aromatic N) is 1. The summed E-state index contributed by atoms with van der Waals surface area (Å²) < 4.78 is 0. The zero-order valence-corrected chi connectivity index (χ0v) is 12.0. The minimum atomic E-state index is 0.592. The summed E-state index contributed by atoms with van der Waals surface area (Å²) in [7, 11) is 0. The van der Waals surface area contributed by atoms with Crippen LogP contribution >= 0.6 is 0 Å². The highest BCUT2D eigenvalue weighted by molar-refractivity contribution is 4.91. The molecular formula is C15H30N2. The van der Waals surface area contributed by atoms with Crippen molar-refractivity contribution < 1.29 is 0 Å². The van der Waals surface area contributed by atoms with E-state index in [0.29, 0.717) is 5.41 Å². The van der Waals surface area contributed by atoms with Crippen LogP contribution in [0.15, 0.2) is 0 Å². The van der Waals surface area contributed by atoms with E-state index >= 15 is 0 Å². The summed E-state index contributed by atoms with van der Waals surface area (Å²) in [4.78, 5) is 2.74. The molecule has 2 heterocycles. The molecule has 2 nitrogen and oxygen atoms in total. The van der Waals surface area contributed by atoms with Crippen molar-refractivity contribution in [1.82, 2.24) is 10.2 Å². The van der Waals surface area contributed by atoms with Gasteiger partial charge in [0.25, 0.3) is 0 Å². The van der Waals surface area contributed by atoms with Gasteiger partial charge in [-0.15, -0.1) is 0 Å². The Balaban J connectivity index is 1.90. The zero-order valence-electron chi connectivity index (χ0n) is 12.0. The second-order valence-electron chi connectivity index (χ2n) is 6.66. The summed E-state index contributed by atoms with van der Waals surface area (Å²) in [6, 6.07) is 0. The first-order chi connectivity index (χ1) is 8.15. The SMILES string of the molecule is CCCC1(CN2CCC(C)C(C)C2)CCNC1. The van der Waals surface area contributed by atoms with Crippen LogP contribution in [0.5, 0.6) is 0 Å². The summed E-state index contributed by atoms with van der Waals surface area (Å²) in [5.41, 5.74) is 0.592. The second-order valence-corrected chi connectivity index (χ2v) is 6.66. The summed E-state index contributed by atoms with van der Waals surface area (Å²) in [5.74, 6) is 1.81. The maximum absolute atomic E-state index is 3.58. The Morgan fingerprint density at radius 3 is 2.71 bits per heavy atom. The van der Waals surface area contributed by atoms with Crippen LogP contribution in [0, 0.1) is 17.3 Å². The van der Waals surface area contributed by atoms with Crippen molar-refractivity contribution in [2.75, 3.05) is 32.7 Å². The van der Waals surface area contributed by atoms with Crippen LogP contribution in [-0.4, -0.2) is 37.6 Å². The van der Waals surface area contributed by atoms with Crippen molar-refractivity contribution in [3.8, 4) is 0 Å². The van der Waals surface area contributed by atoms with Crippen LogP contribution in [-0.2, 0) is 0 Å². The molecule has 3 unspecified atom stereocenters. The molecule has 1 N–H and O–H groups in total. The molecule has 0 radical (unpaired) electrons. The standard InChI is InChI=1S/C15H30N2/c1-4-6-15(7-8-16-11-15)12-17-9-5-13(2)14(3)10-17/h13-14,16H,4-12H2,1-3H3. The molecule has 0 aliphatic carbocycles. The highest BCUT2D eigenvalue weighted by Gasteiger charge is 2.36. The van der Waals surface area contributed by atoms with Gasteiger partial charge in [0.1, 0.15) is 0 Å². The monoisotopic (exact) mass is 238 g/mol. The molecule has 2 heteroatoms. The predicted molar refractivity (Wildman–Crippen MR) is 74.2 cm³/mol. The van der Waals surface area contributed by atoms with Gasteiger partial charge in [0, 0.05) is 19.6 Å². The molecular weight excluding hydrogens is 208 g/mol. The van der Waals surface area contributed by atoms with E-state index in [1.54, 1.807) is 0 Å². The van der Waals surface area contributed by atoms with Crippen molar-refractivity contribution in [3.63, 3.8) is 0 Å². The van der Waals surface area contributed by atoms with Crippen LogP contribution in [0.25, 0.3) is 0 Å². The average Bonchev–Trinajstić information content (AvgIpc) is 2.73. The topological polar surface area (TPSA) is 15.3 Å². The van der Waals surface area contributed by atoms with Crippen LogP contribution < -0.4 is 5.32 Å². The lowest BCUT2D eigenvalue weighted by molar-refractivity contribution is 0.0853. The Kier molecular flexibility index (Phi) is 4.48. The fraction of sp³-hybridized carbons (Fsp3) is 1.00. The third-order valence-corrected chi connectivity index (χ3v) is 5.09. The quantitative estimate of drug-likeness (QED) is 0.810. The third kappa shape index (κ3) is 3.23. The van der Waals surface area contributed by atoms with E-state index in [4.69, 9.17) is 0 Å². The third-order valence-electron chi connectivity index (χ3n) is 5.09. The molecule has 0 aromatic rings. The van der Waals surface area contributed by atoms with E-state index in [0.717, 1.165) is 11.8 Å². The molecule has 0 aromatic carbocycles. The van der Waals surface area contributed by atoms with Crippen LogP contribution in [0.3, 0.4) is 0 Å². The Labute approximate surface area is 107 Å². The zero-order chi connectivity index (χ0) is 12.3. The van der Waals surface area contributed by atoms with E-state index in [1.807, 2.05) is 0 Å². The van der Waals surface area contributed by atoms with Gasteiger partial charge in [0.05, 0.1) is 0 Å². The molecule has 2 aliphatic rings. The van der Waals surface area contributed by atoms with Crippen molar-refractivity contribution in [1.29, 1.82) is 0 Å². The Bertz CT molecular complexity index is 233. The van der Waals surface area contributed by atoms with Gasteiger partial charge in [-0.05, 0) is 49.6 Å². The molecule has 0 aromatic heterocycles. The molecule has 0 amide bonds. The lowest BCUT2D eigenvalue weighted by Gasteiger charge is -2.40. The Morgan fingerprint density at radius 2 is 2.12 bits per heavy atom. The molecule has 2 fully saturated rings. The molecule has 100 valence electrons. The maximum atomic E-state index is 3.58. The first kappa shape index (κ1) is 13.4. The fourth-order valence-electron chi connectivity index (χ4n) is 3.72. The van der Waals surface area contributed by atoms with E-state index < -0.39 is 0 Å². The molecule has 2 saturated heterocycles. The number of hydrogen-bond acceptors (Lipinski definition) is 2. The normalized spacial score (nSPS) is 39.7. The lowest BCUT2D eigenvalue weighted by Crippen LogP contribution is -2.45. The molecule has 17 heavy (non-hydrogen) atoms. The first-order valence-corrected chi connectivity index (χ1v) is 7.58. The molecule has 0 spiro atoms. The molecule has 0 saturated carbocycles. The van der Waals surface area contributed by atoms with Crippen LogP contribution in [0.1, 0.15) is 46.5 Å². The van der Waals surface area contributed by atoms with E-state index in [9.17, 15) is 0 Å².